The molecule has 0 aromatic carbocycles. The van der Waals surface area contributed by atoms with Gasteiger partial charge in [0.15, 0.2) is 0 Å². The lowest BCUT2D eigenvalue weighted by molar-refractivity contribution is 0.291. The van der Waals surface area contributed by atoms with Crippen LogP contribution in [0.2, 0.25) is 0 Å². The molecule has 3 nitrogen and oxygen atoms in total. The number of pyridine rings is 1. The molecule has 0 unspecified atom stereocenters. The fourth-order valence-electron chi connectivity index (χ4n) is 0.772. The summed E-state index contributed by atoms with van der Waals surface area (Å²) >= 11 is 0. The average Bonchev–Trinajstić information content (AvgIpc) is 2.14. The average molecular weight is 164 g/mol. The predicted octanol–water partition coefficient (Wildman–Crippen LogP) is 0.883. The van der Waals surface area contributed by atoms with Crippen molar-refractivity contribution in [1.82, 2.24) is 4.98 Å². The predicted molar refractivity (Wildman–Crippen MR) is 48.4 cm³/mol. The minimum absolute atomic E-state index is 0.194. The Morgan fingerprint density at radius 3 is 3.08 bits per heavy atom. The van der Waals surface area contributed by atoms with Crippen LogP contribution in [0.25, 0.3) is 0 Å². The monoisotopic (exact) mass is 164 g/mol. The lowest BCUT2D eigenvalue weighted by Gasteiger charge is -1.90. The second-order valence-corrected chi connectivity index (χ2v) is 2.37. The van der Waals surface area contributed by atoms with Gasteiger partial charge < -0.3 is 5.11 Å². The Morgan fingerprint density at radius 1 is 1.50 bits per heavy atom. The lowest BCUT2D eigenvalue weighted by atomic mass is 10.4. The van der Waals surface area contributed by atoms with Crippen LogP contribution in [0.3, 0.4) is 0 Å². The number of rotatable bonds is 4. The van der Waals surface area contributed by atoms with E-state index in [1.807, 2.05) is 18.2 Å². The molecule has 1 aromatic rings. The zero-order valence-corrected chi connectivity index (χ0v) is 6.85. The maximum Gasteiger partial charge on any atom is 0.0807 e. The molecule has 0 saturated carbocycles. The first kappa shape index (κ1) is 8.87. The summed E-state index contributed by atoms with van der Waals surface area (Å²) in [5.74, 6) is 0. The molecule has 64 valence electrons. The van der Waals surface area contributed by atoms with E-state index in [0.29, 0.717) is 13.0 Å². The molecule has 0 aliphatic rings. The molecule has 1 heterocycles. The van der Waals surface area contributed by atoms with Crippen LogP contribution in [0.4, 0.5) is 0 Å². The highest BCUT2D eigenvalue weighted by Gasteiger charge is 1.84. The van der Waals surface area contributed by atoms with Gasteiger partial charge in [0.1, 0.15) is 0 Å². The smallest absolute Gasteiger partial charge is 0.0807 e. The molecule has 0 saturated heterocycles. The highest BCUT2D eigenvalue weighted by molar-refractivity contribution is 5.76. The Bertz CT molecular complexity index is 234. The third-order valence-electron chi connectivity index (χ3n) is 1.36. The van der Waals surface area contributed by atoms with E-state index < -0.39 is 0 Å². The Morgan fingerprint density at radius 2 is 2.42 bits per heavy atom. The van der Waals surface area contributed by atoms with Gasteiger partial charge in [-0.05, 0) is 18.6 Å². The summed E-state index contributed by atoms with van der Waals surface area (Å²) < 4.78 is 0. The second-order valence-electron chi connectivity index (χ2n) is 2.37. The Kier molecular flexibility index (Phi) is 4.02. The number of aliphatic hydroxyl groups is 1. The van der Waals surface area contributed by atoms with E-state index in [2.05, 4.69) is 9.98 Å². The molecule has 0 bridgehead atoms. The second kappa shape index (κ2) is 5.43. The van der Waals surface area contributed by atoms with E-state index in [1.165, 1.54) is 0 Å². The van der Waals surface area contributed by atoms with Crippen LogP contribution >= 0.6 is 0 Å². The summed E-state index contributed by atoms with van der Waals surface area (Å²) in [6, 6.07) is 5.67. The topological polar surface area (TPSA) is 45.5 Å². The summed E-state index contributed by atoms with van der Waals surface area (Å²) in [6.45, 7) is 0.854. The molecule has 3 heteroatoms. The summed E-state index contributed by atoms with van der Waals surface area (Å²) in [5, 5.41) is 8.47. The number of nitrogens with zero attached hydrogens (tertiary/aromatic N) is 2. The van der Waals surface area contributed by atoms with Gasteiger partial charge in [0.25, 0.3) is 0 Å². The summed E-state index contributed by atoms with van der Waals surface area (Å²) in [4.78, 5) is 8.15. The number of hydrogen-bond donors (Lipinski definition) is 1. The van der Waals surface area contributed by atoms with Gasteiger partial charge in [-0.15, -0.1) is 0 Å². The molecule has 0 aliphatic heterocycles. The van der Waals surface area contributed by atoms with E-state index in [-0.39, 0.29) is 6.61 Å². The first-order valence-electron chi connectivity index (χ1n) is 3.95. The van der Waals surface area contributed by atoms with Gasteiger partial charge >= 0.3 is 0 Å². The fourth-order valence-corrected chi connectivity index (χ4v) is 0.772. The van der Waals surface area contributed by atoms with Gasteiger partial charge in [-0.2, -0.15) is 0 Å². The number of aliphatic hydroxyl groups excluding tert-OH is 1. The van der Waals surface area contributed by atoms with Crippen molar-refractivity contribution in [3.05, 3.63) is 30.1 Å². The van der Waals surface area contributed by atoms with Crippen molar-refractivity contribution in [1.29, 1.82) is 0 Å². The molecule has 12 heavy (non-hydrogen) atoms. The van der Waals surface area contributed by atoms with Crippen LogP contribution < -0.4 is 0 Å². The normalized spacial score (nSPS) is 10.8. The van der Waals surface area contributed by atoms with Gasteiger partial charge in [-0.1, -0.05) is 6.07 Å². The van der Waals surface area contributed by atoms with Crippen LogP contribution in [0.5, 0.6) is 0 Å². The molecule has 1 N–H and O–H groups in total. The molecule has 1 rings (SSSR count). The molecule has 0 fully saturated rings. The van der Waals surface area contributed by atoms with Crippen LogP contribution in [0, 0.1) is 0 Å². The van der Waals surface area contributed by atoms with Gasteiger partial charge in [-0.25, -0.2) is 0 Å². The van der Waals surface area contributed by atoms with E-state index in [1.54, 1.807) is 12.4 Å². The molecular formula is C9H12N2O. The van der Waals surface area contributed by atoms with E-state index in [0.717, 1.165) is 5.69 Å². The Labute approximate surface area is 71.8 Å². The van der Waals surface area contributed by atoms with Gasteiger partial charge in [-0.3, -0.25) is 9.98 Å². The van der Waals surface area contributed by atoms with E-state index in [4.69, 9.17) is 5.11 Å². The third-order valence-corrected chi connectivity index (χ3v) is 1.36. The largest absolute Gasteiger partial charge is 0.396 e. The van der Waals surface area contributed by atoms with Gasteiger partial charge in [0, 0.05) is 25.6 Å². The summed E-state index contributed by atoms with van der Waals surface area (Å²) in [5.41, 5.74) is 0.857. The number of aromatic nitrogens is 1. The fraction of sp³-hybridized carbons (Fsp3) is 0.333. The number of aliphatic imine (C=N–C) groups is 1. The molecule has 0 spiro atoms. The van der Waals surface area contributed by atoms with E-state index in [9.17, 15) is 0 Å². The van der Waals surface area contributed by atoms with Crippen molar-refractivity contribution in [2.45, 2.75) is 6.42 Å². The van der Waals surface area contributed by atoms with Gasteiger partial charge in [0.2, 0.25) is 0 Å². The maximum atomic E-state index is 8.47. The number of hydrogen-bond acceptors (Lipinski definition) is 3. The van der Waals surface area contributed by atoms with Crippen molar-refractivity contribution in [3.8, 4) is 0 Å². The van der Waals surface area contributed by atoms with Crippen molar-refractivity contribution >= 4 is 6.21 Å². The maximum absolute atomic E-state index is 8.47. The van der Waals surface area contributed by atoms with Crippen molar-refractivity contribution in [2.24, 2.45) is 4.99 Å². The zero-order chi connectivity index (χ0) is 8.65. The first-order chi connectivity index (χ1) is 5.93. The van der Waals surface area contributed by atoms with Crippen molar-refractivity contribution < 1.29 is 5.11 Å². The minimum atomic E-state index is 0.194. The molecule has 0 amide bonds. The Hall–Kier alpha value is -1.22. The third kappa shape index (κ3) is 3.25. The van der Waals surface area contributed by atoms with Crippen LogP contribution in [0.15, 0.2) is 29.4 Å². The van der Waals surface area contributed by atoms with Gasteiger partial charge in [0.05, 0.1) is 5.69 Å². The van der Waals surface area contributed by atoms with Crippen LogP contribution in [-0.4, -0.2) is 29.5 Å². The standard InChI is InChI=1S/C9H12N2O/c12-7-3-5-10-8-9-4-1-2-6-11-9/h1-2,4,6,8,12H,3,5,7H2/b10-8+. The molecule has 0 aliphatic carbocycles. The van der Waals surface area contributed by atoms with Crippen LogP contribution in [-0.2, 0) is 0 Å². The summed E-state index contributed by atoms with van der Waals surface area (Å²) in [7, 11) is 0. The first-order valence-corrected chi connectivity index (χ1v) is 3.95. The quantitative estimate of drug-likeness (QED) is 0.530. The minimum Gasteiger partial charge on any atom is -0.396 e. The SMILES string of the molecule is OCCC/N=C/c1ccccn1. The Balaban J connectivity index is 2.36. The van der Waals surface area contributed by atoms with Crippen molar-refractivity contribution in [3.63, 3.8) is 0 Å². The molecule has 0 atom stereocenters. The van der Waals surface area contributed by atoms with E-state index >= 15 is 0 Å². The lowest BCUT2D eigenvalue weighted by Crippen LogP contribution is -1.89. The van der Waals surface area contributed by atoms with Crippen LogP contribution in [0.1, 0.15) is 12.1 Å². The molecular weight excluding hydrogens is 152 g/mol. The zero-order valence-electron chi connectivity index (χ0n) is 6.85. The molecule has 1 aromatic heterocycles. The highest BCUT2D eigenvalue weighted by atomic mass is 16.2. The van der Waals surface area contributed by atoms with Crippen molar-refractivity contribution in [2.75, 3.05) is 13.2 Å². The molecule has 0 radical (unpaired) electrons. The highest BCUT2D eigenvalue weighted by Crippen LogP contribution is 1.88. The summed E-state index contributed by atoms with van der Waals surface area (Å²) in [6.07, 6.45) is 4.16.